The quantitative estimate of drug-likeness (QED) is 0.804. The lowest BCUT2D eigenvalue weighted by atomic mass is 10.1. The van der Waals surface area contributed by atoms with Gasteiger partial charge in [0.15, 0.2) is 0 Å². The van der Waals surface area contributed by atoms with Crippen LogP contribution in [-0.4, -0.2) is 47.1 Å². The van der Waals surface area contributed by atoms with Crippen LogP contribution in [0, 0.1) is 13.8 Å². The molecule has 0 aliphatic heterocycles. The van der Waals surface area contributed by atoms with Gasteiger partial charge in [-0.3, -0.25) is 14.3 Å². The minimum absolute atomic E-state index is 0.0141. The van der Waals surface area contributed by atoms with E-state index in [1.165, 1.54) is 0 Å². The van der Waals surface area contributed by atoms with Crippen molar-refractivity contribution in [1.82, 2.24) is 20.0 Å². The lowest BCUT2D eigenvalue weighted by Crippen LogP contribution is -2.40. The molecular formula is C18H25N5O2. The van der Waals surface area contributed by atoms with Crippen molar-refractivity contribution in [3.63, 3.8) is 0 Å². The van der Waals surface area contributed by atoms with Crippen molar-refractivity contribution in [3.8, 4) is 0 Å². The average molecular weight is 343 g/mol. The summed E-state index contributed by atoms with van der Waals surface area (Å²) in [5.41, 5.74) is 3.13. The van der Waals surface area contributed by atoms with Crippen molar-refractivity contribution in [2.75, 3.05) is 26.0 Å². The molecule has 7 nitrogen and oxygen atoms in total. The van der Waals surface area contributed by atoms with Gasteiger partial charge in [-0.1, -0.05) is 30.3 Å². The Hall–Kier alpha value is -2.67. The first-order valence-electron chi connectivity index (χ1n) is 8.12. The smallest absolute Gasteiger partial charge is 0.313 e. The molecule has 7 heteroatoms. The average Bonchev–Trinajstić information content (AvgIpc) is 2.81. The monoisotopic (exact) mass is 343 g/mol. The Morgan fingerprint density at radius 2 is 1.80 bits per heavy atom. The molecule has 134 valence electrons. The van der Waals surface area contributed by atoms with E-state index in [-0.39, 0.29) is 6.04 Å². The lowest BCUT2D eigenvalue weighted by Gasteiger charge is -2.25. The highest BCUT2D eigenvalue weighted by Gasteiger charge is 2.20. The van der Waals surface area contributed by atoms with Crippen molar-refractivity contribution < 1.29 is 9.59 Å². The predicted octanol–water partition coefficient (Wildman–Crippen LogP) is 1.39. The standard InChI is InChI=1S/C18H25N5O2/c1-12-16(13(2)23(5)21-12)20-18(25)17(24)19-11-15(22(3)4)14-9-7-6-8-10-14/h6-10,15H,11H2,1-5H3,(H,19,24)(H,20,25)/t15-/m0/s1. The zero-order valence-corrected chi connectivity index (χ0v) is 15.3. The molecule has 0 saturated heterocycles. The van der Waals surface area contributed by atoms with Crippen LogP contribution < -0.4 is 10.6 Å². The summed E-state index contributed by atoms with van der Waals surface area (Å²) >= 11 is 0. The van der Waals surface area contributed by atoms with Gasteiger partial charge >= 0.3 is 11.8 Å². The van der Waals surface area contributed by atoms with E-state index < -0.39 is 11.8 Å². The summed E-state index contributed by atoms with van der Waals surface area (Å²) in [6.45, 7) is 3.97. The third kappa shape index (κ3) is 4.45. The number of carbonyl (C=O) groups excluding carboxylic acids is 2. The highest BCUT2D eigenvalue weighted by atomic mass is 16.2. The maximum absolute atomic E-state index is 12.2. The second-order valence-corrected chi connectivity index (χ2v) is 6.22. The molecule has 2 amide bonds. The third-order valence-electron chi connectivity index (χ3n) is 4.22. The molecule has 1 aromatic carbocycles. The second-order valence-electron chi connectivity index (χ2n) is 6.22. The fourth-order valence-electron chi connectivity index (χ4n) is 2.67. The van der Waals surface area contributed by atoms with E-state index >= 15 is 0 Å². The molecule has 0 saturated carbocycles. The van der Waals surface area contributed by atoms with E-state index in [2.05, 4.69) is 15.7 Å². The molecule has 0 aliphatic carbocycles. The molecule has 1 heterocycles. The number of aryl methyl sites for hydroxylation is 2. The van der Waals surface area contributed by atoms with Crippen LogP contribution in [0.25, 0.3) is 0 Å². The van der Waals surface area contributed by atoms with Crippen molar-refractivity contribution in [2.24, 2.45) is 7.05 Å². The molecule has 0 bridgehead atoms. The molecule has 25 heavy (non-hydrogen) atoms. The number of carbonyl (C=O) groups is 2. The Morgan fingerprint density at radius 3 is 2.32 bits per heavy atom. The lowest BCUT2D eigenvalue weighted by molar-refractivity contribution is -0.136. The third-order valence-corrected chi connectivity index (χ3v) is 4.22. The van der Waals surface area contributed by atoms with Crippen LogP contribution in [-0.2, 0) is 16.6 Å². The molecule has 1 aromatic heterocycles. The SMILES string of the molecule is Cc1nn(C)c(C)c1NC(=O)C(=O)NC[C@@H](c1ccccc1)N(C)C. The largest absolute Gasteiger partial charge is 0.346 e. The van der Waals surface area contributed by atoms with Gasteiger partial charge in [0.2, 0.25) is 0 Å². The van der Waals surface area contributed by atoms with Gasteiger partial charge in [0.25, 0.3) is 0 Å². The van der Waals surface area contributed by atoms with Crippen LogP contribution >= 0.6 is 0 Å². The van der Waals surface area contributed by atoms with Crippen LogP contribution in [0.2, 0.25) is 0 Å². The highest BCUT2D eigenvalue weighted by molar-refractivity contribution is 6.39. The number of hydrogen-bond donors (Lipinski definition) is 2. The second kappa shape index (κ2) is 7.94. The Bertz CT molecular complexity index is 752. The van der Waals surface area contributed by atoms with Gasteiger partial charge in [-0.05, 0) is 33.5 Å². The van der Waals surface area contributed by atoms with Crippen molar-refractivity contribution >= 4 is 17.5 Å². The van der Waals surface area contributed by atoms with E-state index in [0.717, 1.165) is 11.3 Å². The normalized spacial score (nSPS) is 12.1. The maximum atomic E-state index is 12.2. The van der Waals surface area contributed by atoms with E-state index in [0.29, 0.717) is 17.9 Å². The molecule has 2 rings (SSSR count). The van der Waals surface area contributed by atoms with Gasteiger partial charge in [-0.25, -0.2) is 0 Å². The molecule has 2 aromatic rings. The first-order chi connectivity index (χ1) is 11.8. The molecule has 2 N–H and O–H groups in total. The predicted molar refractivity (Wildman–Crippen MR) is 97.2 cm³/mol. The number of likely N-dealkylation sites (N-methyl/N-ethyl adjacent to an activating group) is 1. The zero-order chi connectivity index (χ0) is 18.6. The molecular weight excluding hydrogens is 318 g/mol. The molecule has 0 unspecified atom stereocenters. The first-order valence-corrected chi connectivity index (χ1v) is 8.12. The van der Waals surface area contributed by atoms with Crippen LogP contribution in [0.5, 0.6) is 0 Å². The minimum atomic E-state index is -0.690. The van der Waals surface area contributed by atoms with E-state index in [9.17, 15) is 9.59 Å². The maximum Gasteiger partial charge on any atom is 0.313 e. The van der Waals surface area contributed by atoms with E-state index in [1.807, 2.05) is 56.3 Å². The molecule has 0 radical (unpaired) electrons. The topological polar surface area (TPSA) is 79.3 Å². The highest BCUT2D eigenvalue weighted by Crippen LogP contribution is 2.18. The number of hydrogen-bond acceptors (Lipinski definition) is 4. The van der Waals surface area contributed by atoms with Crippen LogP contribution in [0.3, 0.4) is 0 Å². The first kappa shape index (κ1) is 18.7. The van der Waals surface area contributed by atoms with Crippen molar-refractivity contribution in [1.29, 1.82) is 0 Å². The van der Waals surface area contributed by atoms with E-state index in [4.69, 9.17) is 0 Å². The van der Waals surface area contributed by atoms with Crippen LogP contribution in [0.1, 0.15) is 23.0 Å². The number of amides is 2. The Labute approximate surface area is 148 Å². The number of benzene rings is 1. The fraction of sp³-hybridized carbons (Fsp3) is 0.389. The van der Waals surface area contributed by atoms with Crippen LogP contribution in [0.4, 0.5) is 5.69 Å². The zero-order valence-electron chi connectivity index (χ0n) is 15.3. The van der Waals surface area contributed by atoms with Gasteiger partial charge in [-0.2, -0.15) is 5.10 Å². The number of anilines is 1. The molecule has 0 spiro atoms. The summed E-state index contributed by atoms with van der Waals surface area (Å²) in [4.78, 5) is 26.3. The van der Waals surface area contributed by atoms with Crippen molar-refractivity contribution in [2.45, 2.75) is 19.9 Å². The number of rotatable bonds is 5. The Morgan fingerprint density at radius 1 is 1.16 bits per heavy atom. The minimum Gasteiger partial charge on any atom is -0.346 e. The van der Waals surface area contributed by atoms with Gasteiger partial charge in [0, 0.05) is 13.6 Å². The summed E-state index contributed by atoms with van der Waals surface area (Å²) in [5.74, 6) is -1.35. The number of nitrogens with zero attached hydrogens (tertiary/aromatic N) is 3. The van der Waals surface area contributed by atoms with Gasteiger partial charge in [-0.15, -0.1) is 0 Å². The van der Waals surface area contributed by atoms with Gasteiger partial charge in [0.05, 0.1) is 23.1 Å². The van der Waals surface area contributed by atoms with Crippen LogP contribution in [0.15, 0.2) is 30.3 Å². The van der Waals surface area contributed by atoms with Gasteiger partial charge < -0.3 is 15.5 Å². The van der Waals surface area contributed by atoms with Crippen molar-refractivity contribution in [3.05, 3.63) is 47.3 Å². The summed E-state index contributed by atoms with van der Waals surface area (Å²) in [6, 6.07) is 9.84. The summed E-state index contributed by atoms with van der Waals surface area (Å²) in [5, 5.41) is 9.58. The number of nitrogens with one attached hydrogen (secondary N) is 2. The van der Waals surface area contributed by atoms with Gasteiger partial charge in [0.1, 0.15) is 0 Å². The molecule has 0 aliphatic rings. The van der Waals surface area contributed by atoms with E-state index in [1.54, 1.807) is 18.7 Å². The summed E-state index contributed by atoms with van der Waals surface area (Å²) in [7, 11) is 5.66. The molecule has 1 atom stereocenters. The fourth-order valence-corrected chi connectivity index (χ4v) is 2.67. The molecule has 0 fully saturated rings. The number of aromatic nitrogens is 2. The summed E-state index contributed by atoms with van der Waals surface area (Å²) < 4.78 is 1.67. The Balaban J connectivity index is 2.00. The Kier molecular flexibility index (Phi) is 5.93. The summed E-state index contributed by atoms with van der Waals surface area (Å²) in [6.07, 6.45) is 0.